The Morgan fingerprint density at radius 3 is 1.80 bits per heavy atom. The van der Waals surface area contributed by atoms with Crippen molar-refractivity contribution in [1.29, 1.82) is 0 Å². The van der Waals surface area contributed by atoms with E-state index in [0.717, 1.165) is 0 Å². The van der Waals surface area contributed by atoms with E-state index in [4.69, 9.17) is 10.2 Å². The van der Waals surface area contributed by atoms with Crippen molar-refractivity contribution in [2.75, 3.05) is 0 Å². The maximum Gasteiger partial charge on any atom is 0.257 e. The minimum absolute atomic E-state index is 0.539. The van der Waals surface area contributed by atoms with Crippen molar-refractivity contribution in [2.45, 2.75) is 0 Å². The van der Waals surface area contributed by atoms with Crippen LogP contribution in [0, 0.1) is 11.9 Å². The predicted molar refractivity (Wildman–Crippen MR) is 27.5 cm³/mol. The predicted octanol–water partition coefficient (Wildman–Crippen LogP) is 0.771. The van der Waals surface area contributed by atoms with E-state index < -0.39 is 23.4 Å². The second-order valence-corrected chi connectivity index (χ2v) is 1.61. The van der Waals surface area contributed by atoms with E-state index >= 15 is 0 Å². The van der Waals surface area contributed by atoms with Gasteiger partial charge in [-0.3, -0.25) is 0 Å². The lowest BCUT2D eigenvalue weighted by molar-refractivity contribution is 0.371. The van der Waals surface area contributed by atoms with Gasteiger partial charge in [0.15, 0.2) is 11.5 Å². The third kappa shape index (κ3) is 0.975. The molecule has 0 aliphatic carbocycles. The summed E-state index contributed by atoms with van der Waals surface area (Å²) in [4.78, 5) is 2.54. The molecule has 3 nitrogen and oxygen atoms in total. The van der Waals surface area contributed by atoms with Crippen LogP contribution in [-0.4, -0.2) is 15.2 Å². The summed E-state index contributed by atoms with van der Waals surface area (Å²) in [6.45, 7) is 0. The lowest BCUT2D eigenvalue weighted by Crippen LogP contribution is -1.88. The number of aromatic hydroxyl groups is 2. The summed E-state index contributed by atoms with van der Waals surface area (Å²) in [7, 11) is 0. The van der Waals surface area contributed by atoms with Gasteiger partial charge in [0.1, 0.15) is 0 Å². The molecule has 0 fully saturated rings. The molecule has 0 radical (unpaired) electrons. The highest BCUT2D eigenvalue weighted by Gasteiger charge is 2.08. The van der Waals surface area contributed by atoms with Crippen LogP contribution in [-0.2, 0) is 0 Å². The fourth-order valence-corrected chi connectivity index (χ4v) is 0.449. The van der Waals surface area contributed by atoms with Crippen LogP contribution >= 0.6 is 0 Å². The molecular formula is C5H3F2NO2. The van der Waals surface area contributed by atoms with Gasteiger partial charge in [0.2, 0.25) is 0 Å². The summed E-state index contributed by atoms with van der Waals surface area (Å²) in [5.74, 6) is -4.43. The second kappa shape index (κ2) is 2.09. The second-order valence-electron chi connectivity index (χ2n) is 1.61. The number of nitrogens with zero attached hydrogens (tertiary/aromatic N) is 1. The molecule has 1 aromatic rings. The lowest BCUT2D eigenvalue weighted by Gasteiger charge is -1.95. The quantitative estimate of drug-likeness (QED) is 0.533. The van der Waals surface area contributed by atoms with Crippen LogP contribution < -0.4 is 0 Å². The van der Waals surface area contributed by atoms with Crippen molar-refractivity contribution < 1.29 is 19.0 Å². The lowest BCUT2D eigenvalue weighted by atomic mass is 10.4. The molecule has 0 amide bonds. The SMILES string of the molecule is Oc1cc(O)c(F)nc1F. The molecule has 1 aromatic heterocycles. The Balaban J connectivity index is 3.28. The molecule has 0 saturated heterocycles. The van der Waals surface area contributed by atoms with Crippen LogP contribution in [0.3, 0.4) is 0 Å². The van der Waals surface area contributed by atoms with Crippen LogP contribution in [0.5, 0.6) is 11.5 Å². The van der Waals surface area contributed by atoms with Crippen molar-refractivity contribution >= 4 is 0 Å². The molecule has 1 heterocycles. The molecule has 0 aliphatic heterocycles. The maximum absolute atomic E-state index is 12.0. The van der Waals surface area contributed by atoms with Gasteiger partial charge in [-0.25, -0.2) is 0 Å². The average Bonchev–Trinajstić information content (AvgIpc) is 1.84. The third-order valence-electron chi connectivity index (χ3n) is 0.892. The summed E-state index contributed by atoms with van der Waals surface area (Å²) in [6, 6.07) is 0.539. The largest absolute Gasteiger partial charge is 0.504 e. The molecule has 0 atom stereocenters. The van der Waals surface area contributed by atoms with Crippen LogP contribution in [0.4, 0.5) is 8.78 Å². The fourth-order valence-electron chi connectivity index (χ4n) is 0.449. The fraction of sp³-hybridized carbons (Fsp3) is 0. The van der Waals surface area contributed by atoms with Gasteiger partial charge in [0.05, 0.1) is 0 Å². The van der Waals surface area contributed by atoms with Gasteiger partial charge in [-0.15, -0.1) is 0 Å². The summed E-state index contributed by atoms with van der Waals surface area (Å²) in [6.07, 6.45) is 0. The zero-order valence-corrected chi connectivity index (χ0v) is 4.67. The van der Waals surface area contributed by atoms with Crippen molar-refractivity contribution in [1.82, 2.24) is 4.98 Å². The molecule has 1 rings (SSSR count). The van der Waals surface area contributed by atoms with Gasteiger partial charge in [0, 0.05) is 6.07 Å². The summed E-state index contributed by atoms with van der Waals surface area (Å²) < 4.78 is 24.1. The van der Waals surface area contributed by atoms with Gasteiger partial charge in [-0.2, -0.15) is 13.8 Å². The molecule has 0 spiro atoms. The zero-order valence-electron chi connectivity index (χ0n) is 4.67. The van der Waals surface area contributed by atoms with Crippen LogP contribution in [0.2, 0.25) is 0 Å². The van der Waals surface area contributed by atoms with Gasteiger partial charge in [-0.1, -0.05) is 0 Å². The molecule has 0 bridgehead atoms. The Hall–Kier alpha value is -1.39. The van der Waals surface area contributed by atoms with E-state index in [1.165, 1.54) is 0 Å². The number of aromatic nitrogens is 1. The van der Waals surface area contributed by atoms with Crippen LogP contribution in [0.25, 0.3) is 0 Å². The Bertz CT molecular complexity index is 214. The number of hydrogen-bond acceptors (Lipinski definition) is 3. The Labute approximate surface area is 54.6 Å². The average molecular weight is 147 g/mol. The highest BCUT2D eigenvalue weighted by atomic mass is 19.1. The normalized spacial score (nSPS) is 9.80. The van der Waals surface area contributed by atoms with E-state index in [1.54, 1.807) is 0 Å². The standard InChI is InChI=1S/C5H3F2NO2/c6-4-2(9)1-3(10)5(7)8-4/h1,9-10H. The number of hydrogen-bond donors (Lipinski definition) is 2. The van der Waals surface area contributed by atoms with Gasteiger partial charge < -0.3 is 10.2 Å². The van der Waals surface area contributed by atoms with Crippen molar-refractivity contribution in [3.63, 3.8) is 0 Å². The summed E-state index contributed by atoms with van der Waals surface area (Å²) >= 11 is 0. The molecule has 0 saturated carbocycles. The number of rotatable bonds is 0. The Kier molecular flexibility index (Phi) is 1.41. The highest BCUT2D eigenvalue weighted by Crippen LogP contribution is 2.21. The van der Waals surface area contributed by atoms with Crippen molar-refractivity contribution in [2.24, 2.45) is 0 Å². The third-order valence-corrected chi connectivity index (χ3v) is 0.892. The Morgan fingerprint density at radius 1 is 1.10 bits per heavy atom. The smallest absolute Gasteiger partial charge is 0.257 e. The first-order chi connectivity index (χ1) is 4.61. The molecule has 0 aromatic carbocycles. The van der Waals surface area contributed by atoms with E-state index in [9.17, 15) is 8.78 Å². The monoisotopic (exact) mass is 147 g/mol. The van der Waals surface area contributed by atoms with E-state index in [2.05, 4.69) is 4.98 Å². The molecule has 0 unspecified atom stereocenters. The first kappa shape index (κ1) is 6.73. The summed E-state index contributed by atoms with van der Waals surface area (Å²) in [5.41, 5.74) is 0. The minimum Gasteiger partial charge on any atom is -0.504 e. The molecule has 0 aliphatic rings. The topological polar surface area (TPSA) is 53.4 Å². The number of pyridine rings is 1. The van der Waals surface area contributed by atoms with Crippen molar-refractivity contribution in [3.8, 4) is 11.5 Å². The maximum atomic E-state index is 12.0. The molecule has 2 N–H and O–H groups in total. The van der Waals surface area contributed by atoms with E-state index in [0.29, 0.717) is 6.07 Å². The first-order valence-corrected chi connectivity index (χ1v) is 2.35. The van der Waals surface area contributed by atoms with Gasteiger partial charge >= 0.3 is 0 Å². The zero-order chi connectivity index (χ0) is 7.72. The van der Waals surface area contributed by atoms with Crippen LogP contribution in [0.1, 0.15) is 0 Å². The Morgan fingerprint density at radius 2 is 1.50 bits per heavy atom. The van der Waals surface area contributed by atoms with E-state index in [1.807, 2.05) is 0 Å². The first-order valence-electron chi connectivity index (χ1n) is 2.35. The van der Waals surface area contributed by atoms with Crippen LogP contribution in [0.15, 0.2) is 6.07 Å². The van der Waals surface area contributed by atoms with Gasteiger partial charge in [0.25, 0.3) is 11.9 Å². The van der Waals surface area contributed by atoms with Gasteiger partial charge in [-0.05, 0) is 0 Å². The molecule has 10 heavy (non-hydrogen) atoms. The van der Waals surface area contributed by atoms with E-state index in [-0.39, 0.29) is 0 Å². The molecule has 5 heteroatoms. The number of halogens is 2. The minimum atomic E-state index is -1.34. The molecule has 54 valence electrons. The summed E-state index contributed by atoms with van der Waals surface area (Å²) in [5, 5.41) is 16.9. The van der Waals surface area contributed by atoms with Crippen molar-refractivity contribution in [3.05, 3.63) is 18.0 Å². The highest BCUT2D eigenvalue weighted by molar-refractivity contribution is 5.27. The molecular weight excluding hydrogens is 144 g/mol.